The molecule has 0 saturated carbocycles. The van der Waals surface area contributed by atoms with Crippen LogP contribution < -0.4 is 10.9 Å². The molecule has 0 radical (unpaired) electrons. The van der Waals surface area contributed by atoms with Gasteiger partial charge in [0.15, 0.2) is 0 Å². The highest BCUT2D eigenvalue weighted by atomic mass is 16.1. The molecule has 2 N–H and O–H groups in total. The van der Waals surface area contributed by atoms with Crippen molar-refractivity contribution in [2.75, 3.05) is 11.9 Å². The lowest BCUT2D eigenvalue weighted by atomic mass is 9.95. The van der Waals surface area contributed by atoms with Crippen molar-refractivity contribution in [3.63, 3.8) is 0 Å². The summed E-state index contributed by atoms with van der Waals surface area (Å²) in [7, 11) is 0. The number of hydrogen-bond acceptors (Lipinski definition) is 3. The molecule has 1 unspecified atom stereocenters. The van der Waals surface area contributed by atoms with Gasteiger partial charge in [-0.3, -0.25) is 4.79 Å². The summed E-state index contributed by atoms with van der Waals surface area (Å²) in [6, 6.07) is 10.0. The van der Waals surface area contributed by atoms with Gasteiger partial charge in [0.1, 0.15) is 11.6 Å². The first-order valence-corrected chi connectivity index (χ1v) is 5.65. The van der Waals surface area contributed by atoms with E-state index in [0.717, 1.165) is 23.5 Å². The lowest BCUT2D eigenvalue weighted by Gasteiger charge is -2.08. The number of hydrogen-bond donors (Lipinski definition) is 2. The van der Waals surface area contributed by atoms with Gasteiger partial charge in [0.25, 0.3) is 5.56 Å². The minimum Gasteiger partial charge on any atom is -0.369 e. The molecule has 0 amide bonds. The van der Waals surface area contributed by atoms with Crippen LogP contribution >= 0.6 is 0 Å². The van der Waals surface area contributed by atoms with E-state index in [2.05, 4.69) is 15.3 Å². The van der Waals surface area contributed by atoms with E-state index in [1.807, 2.05) is 30.3 Å². The maximum Gasteiger partial charge on any atom is 0.256 e. The number of nitrogens with zero attached hydrogens (tertiary/aromatic N) is 1. The molecule has 0 aliphatic carbocycles. The molecule has 2 heterocycles. The fraction of sp³-hybridized carbons (Fsp3) is 0.231. The highest BCUT2D eigenvalue weighted by Gasteiger charge is 2.28. The van der Waals surface area contributed by atoms with Gasteiger partial charge >= 0.3 is 0 Å². The van der Waals surface area contributed by atoms with Crippen molar-refractivity contribution in [1.82, 2.24) is 9.97 Å². The summed E-state index contributed by atoms with van der Waals surface area (Å²) in [6.45, 7) is 2.53. The van der Waals surface area contributed by atoms with Crippen molar-refractivity contribution < 1.29 is 0 Å². The number of anilines is 1. The summed E-state index contributed by atoms with van der Waals surface area (Å²) in [5.74, 6) is 1.47. The van der Waals surface area contributed by atoms with Crippen LogP contribution in [0.1, 0.15) is 22.9 Å². The standard InChI is InChI=1S/C13H13N3O/c1-8-15-12-11(13(17)16-8)10(7-14-12)9-5-3-2-4-6-9/h2-6,10H,7H2,1H3,(H2,14,15,16,17). The Morgan fingerprint density at radius 1 is 1.29 bits per heavy atom. The van der Waals surface area contributed by atoms with E-state index in [9.17, 15) is 4.79 Å². The van der Waals surface area contributed by atoms with Gasteiger partial charge in [-0.2, -0.15) is 0 Å². The van der Waals surface area contributed by atoms with Crippen LogP contribution in [0.2, 0.25) is 0 Å². The first-order valence-electron chi connectivity index (χ1n) is 5.65. The fourth-order valence-electron chi connectivity index (χ4n) is 2.32. The zero-order valence-electron chi connectivity index (χ0n) is 9.53. The van der Waals surface area contributed by atoms with E-state index < -0.39 is 0 Å². The van der Waals surface area contributed by atoms with Crippen molar-refractivity contribution in [2.24, 2.45) is 0 Å². The van der Waals surface area contributed by atoms with Crippen LogP contribution in [0.5, 0.6) is 0 Å². The molecule has 1 aliphatic rings. The zero-order valence-corrected chi connectivity index (χ0v) is 9.53. The molecule has 1 aliphatic heterocycles. The number of benzene rings is 1. The van der Waals surface area contributed by atoms with Crippen molar-refractivity contribution in [3.8, 4) is 0 Å². The molecule has 4 nitrogen and oxygen atoms in total. The van der Waals surface area contributed by atoms with Gasteiger partial charge in [0.2, 0.25) is 0 Å². The molecular formula is C13H13N3O. The van der Waals surface area contributed by atoms with Crippen LogP contribution in [-0.2, 0) is 0 Å². The average molecular weight is 227 g/mol. The van der Waals surface area contributed by atoms with Gasteiger partial charge in [0, 0.05) is 12.5 Å². The summed E-state index contributed by atoms with van der Waals surface area (Å²) < 4.78 is 0. The minimum atomic E-state index is -0.0358. The zero-order chi connectivity index (χ0) is 11.8. The van der Waals surface area contributed by atoms with Crippen LogP contribution in [0.25, 0.3) is 0 Å². The second-order valence-electron chi connectivity index (χ2n) is 4.26. The van der Waals surface area contributed by atoms with E-state index in [1.165, 1.54) is 0 Å². The van der Waals surface area contributed by atoms with Crippen molar-refractivity contribution in [1.29, 1.82) is 0 Å². The lowest BCUT2D eigenvalue weighted by Crippen LogP contribution is -2.17. The number of fused-ring (bicyclic) bond motifs is 1. The molecule has 1 aromatic heterocycles. The van der Waals surface area contributed by atoms with Crippen molar-refractivity contribution in [3.05, 3.63) is 57.6 Å². The molecule has 1 atom stereocenters. The largest absolute Gasteiger partial charge is 0.369 e. The van der Waals surface area contributed by atoms with E-state index in [0.29, 0.717) is 5.82 Å². The molecular weight excluding hydrogens is 214 g/mol. The Morgan fingerprint density at radius 2 is 2.06 bits per heavy atom. The summed E-state index contributed by atoms with van der Waals surface area (Å²) in [6.07, 6.45) is 0. The number of aromatic amines is 1. The van der Waals surface area contributed by atoms with Crippen molar-refractivity contribution in [2.45, 2.75) is 12.8 Å². The van der Waals surface area contributed by atoms with Crippen LogP contribution in [0, 0.1) is 6.92 Å². The Morgan fingerprint density at radius 3 is 2.82 bits per heavy atom. The Labute approximate surface area is 98.7 Å². The van der Waals surface area contributed by atoms with Crippen LogP contribution in [0.15, 0.2) is 35.1 Å². The third-order valence-corrected chi connectivity index (χ3v) is 3.10. The minimum absolute atomic E-state index is 0.0358. The van der Waals surface area contributed by atoms with Gasteiger partial charge < -0.3 is 10.3 Å². The molecule has 0 spiro atoms. The van der Waals surface area contributed by atoms with Gasteiger partial charge in [-0.25, -0.2) is 4.98 Å². The predicted molar refractivity (Wildman–Crippen MR) is 66.4 cm³/mol. The second kappa shape index (κ2) is 3.73. The van der Waals surface area contributed by atoms with Crippen LogP contribution in [-0.4, -0.2) is 16.5 Å². The fourth-order valence-corrected chi connectivity index (χ4v) is 2.32. The Kier molecular flexibility index (Phi) is 2.21. The quantitative estimate of drug-likeness (QED) is 0.778. The molecule has 86 valence electrons. The average Bonchev–Trinajstić information content (AvgIpc) is 2.74. The number of H-pyrrole nitrogens is 1. The number of rotatable bonds is 1. The summed E-state index contributed by atoms with van der Waals surface area (Å²) in [5.41, 5.74) is 1.86. The molecule has 3 rings (SSSR count). The molecule has 0 fully saturated rings. The van der Waals surface area contributed by atoms with E-state index in [4.69, 9.17) is 0 Å². The van der Waals surface area contributed by atoms with E-state index in [1.54, 1.807) is 6.92 Å². The first-order chi connectivity index (χ1) is 8.25. The summed E-state index contributed by atoms with van der Waals surface area (Å²) in [5, 5.41) is 3.20. The number of aryl methyl sites for hydroxylation is 1. The second-order valence-corrected chi connectivity index (χ2v) is 4.26. The smallest absolute Gasteiger partial charge is 0.256 e. The number of nitrogens with one attached hydrogen (secondary N) is 2. The third-order valence-electron chi connectivity index (χ3n) is 3.10. The molecule has 1 aromatic carbocycles. The normalized spacial score (nSPS) is 17.6. The predicted octanol–water partition coefficient (Wildman–Crippen LogP) is 1.64. The molecule has 17 heavy (non-hydrogen) atoms. The van der Waals surface area contributed by atoms with E-state index >= 15 is 0 Å². The monoisotopic (exact) mass is 227 g/mol. The molecule has 2 aromatic rings. The molecule has 0 saturated heterocycles. The van der Waals surface area contributed by atoms with Crippen molar-refractivity contribution >= 4 is 5.82 Å². The van der Waals surface area contributed by atoms with Crippen LogP contribution in [0.3, 0.4) is 0 Å². The first kappa shape index (κ1) is 10.1. The van der Waals surface area contributed by atoms with Gasteiger partial charge in [-0.05, 0) is 12.5 Å². The maximum atomic E-state index is 12.0. The summed E-state index contributed by atoms with van der Waals surface area (Å²) >= 11 is 0. The van der Waals surface area contributed by atoms with Gasteiger partial charge in [-0.1, -0.05) is 30.3 Å². The lowest BCUT2D eigenvalue weighted by molar-refractivity contribution is 0.881. The number of aromatic nitrogens is 2. The van der Waals surface area contributed by atoms with Gasteiger partial charge in [0.05, 0.1) is 5.56 Å². The Bertz CT molecular complexity index is 604. The summed E-state index contributed by atoms with van der Waals surface area (Å²) in [4.78, 5) is 19.1. The topological polar surface area (TPSA) is 57.8 Å². The maximum absolute atomic E-state index is 12.0. The highest BCUT2D eigenvalue weighted by molar-refractivity contribution is 5.54. The molecule has 4 heteroatoms. The Hall–Kier alpha value is -2.10. The van der Waals surface area contributed by atoms with Gasteiger partial charge in [-0.15, -0.1) is 0 Å². The third kappa shape index (κ3) is 1.62. The Balaban J connectivity index is 2.14. The SMILES string of the molecule is Cc1nc2c(c(=O)[nH]1)C(c1ccccc1)CN2. The van der Waals surface area contributed by atoms with E-state index in [-0.39, 0.29) is 11.5 Å². The van der Waals surface area contributed by atoms with Crippen LogP contribution in [0.4, 0.5) is 5.82 Å². The highest BCUT2D eigenvalue weighted by Crippen LogP contribution is 2.31. The molecule has 0 bridgehead atoms.